The van der Waals surface area contributed by atoms with Gasteiger partial charge in [-0.15, -0.1) is 0 Å². The first-order chi connectivity index (χ1) is 13.7. The molecule has 4 aliphatic carbocycles. The molecule has 0 aromatic carbocycles. The minimum atomic E-state index is -0.494. The van der Waals surface area contributed by atoms with E-state index in [1.165, 1.54) is 64.2 Å². The number of hydrogen-bond acceptors (Lipinski definition) is 2. The van der Waals surface area contributed by atoms with Crippen LogP contribution in [0, 0.1) is 52.3 Å². The maximum Gasteiger partial charge on any atom is 0.0835 e. The lowest BCUT2D eigenvalue weighted by atomic mass is 9.43. The lowest BCUT2D eigenvalue weighted by Crippen LogP contribution is -2.63. The third-order valence-electron chi connectivity index (χ3n) is 10.9. The highest BCUT2D eigenvalue weighted by molar-refractivity contribution is 5.13. The van der Waals surface area contributed by atoms with Gasteiger partial charge in [-0.1, -0.05) is 66.7 Å². The summed E-state index contributed by atoms with van der Waals surface area (Å²) in [4.78, 5) is 0. The van der Waals surface area contributed by atoms with E-state index in [2.05, 4.69) is 34.6 Å². The van der Waals surface area contributed by atoms with Gasteiger partial charge in [0.1, 0.15) is 0 Å². The molecule has 4 rings (SSSR count). The van der Waals surface area contributed by atoms with E-state index >= 15 is 0 Å². The van der Waals surface area contributed by atoms with Crippen molar-refractivity contribution in [3.05, 3.63) is 0 Å². The summed E-state index contributed by atoms with van der Waals surface area (Å²) in [5, 5.41) is 22.5. The lowest BCUT2D eigenvalue weighted by Gasteiger charge is -2.63. The summed E-state index contributed by atoms with van der Waals surface area (Å²) in [7, 11) is 0. The molecule has 0 saturated heterocycles. The molecule has 0 radical (unpaired) electrons. The van der Waals surface area contributed by atoms with Crippen molar-refractivity contribution in [3.8, 4) is 0 Å². The Balaban J connectivity index is 1.54. The molecular weight excluding hydrogens is 356 g/mol. The smallest absolute Gasteiger partial charge is 0.0835 e. The highest BCUT2D eigenvalue weighted by atomic mass is 16.3. The number of hydrogen-bond donors (Lipinski definition) is 2. The fourth-order valence-electron chi connectivity index (χ4n) is 9.34. The van der Waals surface area contributed by atoms with Crippen molar-refractivity contribution in [1.29, 1.82) is 0 Å². The third-order valence-corrected chi connectivity index (χ3v) is 10.9. The molecule has 2 nitrogen and oxygen atoms in total. The molecule has 10 atom stereocenters. The first-order valence-corrected chi connectivity index (χ1v) is 13.1. The summed E-state index contributed by atoms with van der Waals surface area (Å²) in [5.74, 6) is 4.31. The molecule has 29 heavy (non-hydrogen) atoms. The third kappa shape index (κ3) is 3.53. The number of aliphatic hydroxyl groups is 2. The molecule has 0 amide bonds. The quantitative estimate of drug-likeness (QED) is 0.553. The van der Waals surface area contributed by atoms with Gasteiger partial charge in [-0.25, -0.2) is 0 Å². The molecule has 168 valence electrons. The second-order valence-corrected chi connectivity index (χ2v) is 12.7. The summed E-state index contributed by atoms with van der Waals surface area (Å²) >= 11 is 0. The molecule has 0 aromatic heterocycles. The maximum atomic E-state index is 11.4. The molecule has 0 aromatic rings. The Morgan fingerprint density at radius 1 is 0.759 bits per heavy atom. The van der Waals surface area contributed by atoms with Gasteiger partial charge in [-0.05, 0) is 90.8 Å². The Morgan fingerprint density at radius 3 is 2.21 bits per heavy atom. The maximum absolute atomic E-state index is 11.4. The Labute approximate surface area is 180 Å². The van der Waals surface area contributed by atoms with E-state index in [0.717, 1.165) is 24.2 Å². The highest BCUT2D eigenvalue weighted by Gasteiger charge is 2.64. The van der Waals surface area contributed by atoms with Gasteiger partial charge in [0.2, 0.25) is 0 Å². The molecule has 0 heterocycles. The van der Waals surface area contributed by atoms with Crippen LogP contribution in [-0.4, -0.2) is 22.4 Å². The zero-order chi connectivity index (χ0) is 21.0. The molecule has 4 aliphatic rings. The molecule has 0 unspecified atom stereocenters. The van der Waals surface area contributed by atoms with Crippen LogP contribution in [0.15, 0.2) is 0 Å². The molecule has 2 N–H and O–H groups in total. The summed E-state index contributed by atoms with van der Waals surface area (Å²) in [5.41, 5.74) is 0.626. The SMILES string of the molecule is CC(C)CCC[C@@H](C)[C@@H]1CC[C@@H]2[C@@H]3[C@H](O)[C@H](O)[C@H]4CCCC[C@]4(C)[C@H]3CC[C@]21C. The van der Waals surface area contributed by atoms with Crippen LogP contribution in [0.2, 0.25) is 0 Å². The largest absolute Gasteiger partial charge is 0.390 e. The number of rotatable bonds is 5. The Bertz CT molecular complexity index is 573. The molecule has 2 heteroatoms. The average Bonchev–Trinajstić information content (AvgIpc) is 3.02. The van der Waals surface area contributed by atoms with E-state index in [9.17, 15) is 10.2 Å². The van der Waals surface area contributed by atoms with E-state index in [1.54, 1.807) is 0 Å². The topological polar surface area (TPSA) is 40.5 Å². The fourth-order valence-corrected chi connectivity index (χ4v) is 9.34. The summed E-state index contributed by atoms with van der Waals surface area (Å²) in [6.45, 7) is 12.2. The van der Waals surface area contributed by atoms with Gasteiger partial charge < -0.3 is 10.2 Å². The highest BCUT2D eigenvalue weighted by Crippen LogP contribution is 2.68. The van der Waals surface area contributed by atoms with Crippen molar-refractivity contribution in [1.82, 2.24) is 0 Å². The van der Waals surface area contributed by atoms with Crippen molar-refractivity contribution in [2.75, 3.05) is 0 Å². The molecule has 4 saturated carbocycles. The number of fused-ring (bicyclic) bond motifs is 5. The Kier molecular flexibility index (Phi) is 6.19. The Hall–Kier alpha value is -0.0800. The zero-order valence-corrected chi connectivity index (χ0v) is 19.9. The summed E-state index contributed by atoms with van der Waals surface area (Å²) in [6, 6.07) is 0. The van der Waals surface area contributed by atoms with E-state index in [0.29, 0.717) is 29.1 Å². The van der Waals surface area contributed by atoms with Crippen molar-refractivity contribution in [2.24, 2.45) is 52.3 Å². The van der Waals surface area contributed by atoms with E-state index in [1.807, 2.05) is 0 Å². The van der Waals surface area contributed by atoms with Crippen LogP contribution in [0.25, 0.3) is 0 Å². The van der Waals surface area contributed by atoms with Gasteiger partial charge in [-0.2, -0.15) is 0 Å². The fraction of sp³-hybridized carbons (Fsp3) is 1.00. The molecule has 0 aliphatic heterocycles. The van der Waals surface area contributed by atoms with E-state index in [-0.39, 0.29) is 5.41 Å². The van der Waals surface area contributed by atoms with Gasteiger partial charge in [0.15, 0.2) is 0 Å². The number of aliphatic hydroxyl groups excluding tert-OH is 2. The van der Waals surface area contributed by atoms with Gasteiger partial charge >= 0.3 is 0 Å². The van der Waals surface area contributed by atoms with Gasteiger partial charge in [0.25, 0.3) is 0 Å². The molecular formula is C27H48O2. The normalized spacial score (nSPS) is 50.7. The minimum Gasteiger partial charge on any atom is -0.390 e. The van der Waals surface area contributed by atoms with Crippen molar-refractivity contribution in [2.45, 2.75) is 117 Å². The summed E-state index contributed by atoms with van der Waals surface area (Å²) < 4.78 is 0. The van der Waals surface area contributed by atoms with Crippen LogP contribution in [0.1, 0.15) is 105 Å². The van der Waals surface area contributed by atoms with E-state index < -0.39 is 12.2 Å². The van der Waals surface area contributed by atoms with Crippen LogP contribution in [-0.2, 0) is 0 Å². The predicted octanol–water partition coefficient (Wildman–Crippen LogP) is 6.44. The van der Waals surface area contributed by atoms with Gasteiger partial charge in [0.05, 0.1) is 12.2 Å². The zero-order valence-electron chi connectivity index (χ0n) is 19.9. The molecule has 0 spiro atoms. The molecule has 0 bridgehead atoms. The first kappa shape index (κ1) is 22.1. The average molecular weight is 405 g/mol. The second-order valence-electron chi connectivity index (χ2n) is 12.7. The monoisotopic (exact) mass is 404 g/mol. The Morgan fingerprint density at radius 2 is 1.48 bits per heavy atom. The first-order valence-electron chi connectivity index (χ1n) is 13.1. The minimum absolute atomic E-state index is 0.254. The molecule has 4 fully saturated rings. The second kappa shape index (κ2) is 8.12. The van der Waals surface area contributed by atoms with Crippen LogP contribution in [0.4, 0.5) is 0 Å². The van der Waals surface area contributed by atoms with Crippen molar-refractivity contribution < 1.29 is 10.2 Å². The lowest BCUT2D eigenvalue weighted by molar-refractivity contribution is -0.215. The van der Waals surface area contributed by atoms with Crippen LogP contribution < -0.4 is 0 Å². The van der Waals surface area contributed by atoms with Crippen LogP contribution in [0.5, 0.6) is 0 Å². The van der Waals surface area contributed by atoms with Crippen molar-refractivity contribution >= 4 is 0 Å². The standard InChI is InChI=1S/C27H48O2/c1-17(2)9-8-10-18(3)19-12-13-20-23-21(14-16-27(19,20)5)26(4)15-7-6-11-22(26)24(28)25(23)29/h17-25,28-29H,6-16H2,1-5H3/t18-,19+,20-,21+,22-,23+,24-,25+,26-,27+/m1/s1. The van der Waals surface area contributed by atoms with Gasteiger partial charge in [-0.3, -0.25) is 0 Å². The van der Waals surface area contributed by atoms with Gasteiger partial charge in [0, 0.05) is 0 Å². The predicted molar refractivity (Wildman–Crippen MR) is 120 cm³/mol. The summed E-state index contributed by atoms with van der Waals surface area (Å²) in [6.07, 6.45) is 13.3. The van der Waals surface area contributed by atoms with Crippen LogP contribution in [0.3, 0.4) is 0 Å². The van der Waals surface area contributed by atoms with Crippen molar-refractivity contribution in [3.63, 3.8) is 0 Å². The van der Waals surface area contributed by atoms with Crippen LogP contribution >= 0.6 is 0 Å². The van der Waals surface area contributed by atoms with E-state index in [4.69, 9.17) is 0 Å².